The molecular weight excluding hydrogens is 206 g/mol. The van der Waals surface area contributed by atoms with Gasteiger partial charge in [0, 0.05) is 10.7 Å². The van der Waals surface area contributed by atoms with Crippen LogP contribution in [0.2, 0.25) is 5.02 Å². The molecule has 1 aromatic rings. The molecule has 13 heavy (non-hydrogen) atoms. The second-order valence-corrected chi connectivity index (χ2v) is 4.22. The Hall–Kier alpha value is -0.670. The molecule has 2 nitrogen and oxygen atoms in total. The van der Waals surface area contributed by atoms with Crippen molar-refractivity contribution < 1.29 is 4.79 Å². The van der Waals surface area contributed by atoms with Gasteiger partial charge in [-0.05, 0) is 30.0 Å². The van der Waals surface area contributed by atoms with Crippen molar-refractivity contribution in [2.24, 2.45) is 0 Å². The average Bonchev–Trinajstić information content (AvgIpc) is 2.40. The van der Waals surface area contributed by atoms with Crippen LogP contribution in [0, 0.1) is 0 Å². The maximum absolute atomic E-state index is 11.4. The number of carbonyl (C=O) groups excluding carboxylic acids is 1. The molecule has 0 aliphatic carbocycles. The van der Waals surface area contributed by atoms with Crippen molar-refractivity contribution in [1.82, 2.24) is 0 Å². The van der Waals surface area contributed by atoms with Gasteiger partial charge in [-0.15, -0.1) is 11.8 Å². The summed E-state index contributed by atoms with van der Waals surface area (Å²) >= 11 is 7.37. The molecule has 0 aromatic heterocycles. The molecule has 1 aliphatic heterocycles. The molecule has 2 rings (SSSR count). The van der Waals surface area contributed by atoms with Crippen LogP contribution in [-0.2, 0) is 4.79 Å². The van der Waals surface area contributed by atoms with Gasteiger partial charge in [0.2, 0.25) is 5.91 Å². The van der Waals surface area contributed by atoms with Crippen LogP contribution in [0.25, 0.3) is 0 Å². The fourth-order valence-corrected chi connectivity index (χ4v) is 2.34. The molecule has 1 amide bonds. The quantitative estimate of drug-likeness (QED) is 0.777. The van der Waals surface area contributed by atoms with Crippen LogP contribution in [-0.4, -0.2) is 12.2 Å². The predicted molar refractivity (Wildman–Crippen MR) is 56.3 cm³/mol. The van der Waals surface area contributed by atoms with Crippen molar-refractivity contribution in [3.05, 3.63) is 28.8 Å². The first kappa shape index (κ1) is 8.91. The van der Waals surface area contributed by atoms with Gasteiger partial charge in [0.15, 0.2) is 0 Å². The minimum atomic E-state index is -0.103. The Morgan fingerprint density at radius 1 is 1.54 bits per heavy atom. The van der Waals surface area contributed by atoms with E-state index >= 15 is 0 Å². The summed E-state index contributed by atoms with van der Waals surface area (Å²) in [6, 6.07) is 5.46. The summed E-state index contributed by atoms with van der Waals surface area (Å²) in [6.45, 7) is 0. The average molecular weight is 214 g/mol. The first-order valence-corrected chi connectivity index (χ1v) is 5.52. The van der Waals surface area contributed by atoms with Gasteiger partial charge in [0.1, 0.15) is 5.25 Å². The van der Waals surface area contributed by atoms with Gasteiger partial charge < -0.3 is 5.32 Å². The van der Waals surface area contributed by atoms with Gasteiger partial charge in [-0.1, -0.05) is 11.6 Å². The Morgan fingerprint density at radius 2 is 2.31 bits per heavy atom. The number of hydrogen-bond acceptors (Lipinski definition) is 2. The van der Waals surface area contributed by atoms with Crippen LogP contribution in [0.4, 0.5) is 5.69 Å². The van der Waals surface area contributed by atoms with E-state index in [1.165, 1.54) is 11.8 Å². The summed E-state index contributed by atoms with van der Waals surface area (Å²) in [5.74, 6) is 0.0461. The molecule has 0 radical (unpaired) electrons. The van der Waals surface area contributed by atoms with E-state index < -0.39 is 0 Å². The van der Waals surface area contributed by atoms with E-state index in [1.54, 1.807) is 6.07 Å². The summed E-state index contributed by atoms with van der Waals surface area (Å²) in [6.07, 6.45) is 1.92. The molecule has 1 aromatic carbocycles. The van der Waals surface area contributed by atoms with Gasteiger partial charge in [-0.3, -0.25) is 4.79 Å². The van der Waals surface area contributed by atoms with E-state index in [-0.39, 0.29) is 11.2 Å². The first-order chi connectivity index (χ1) is 6.22. The fourth-order valence-electron chi connectivity index (χ4n) is 1.44. The number of thioether (sulfide) groups is 1. The highest BCUT2D eigenvalue weighted by atomic mass is 35.5. The Bertz CT molecular complexity index is 367. The molecule has 1 aliphatic rings. The Kier molecular flexibility index (Phi) is 2.22. The number of nitrogens with one attached hydrogen (secondary N) is 1. The molecule has 0 spiro atoms. The summed E-state index contributed by atoms with van der Waals surface area (Å²) < 4.78 is 0. The van der Waals surface area contributed by atoms with Crippen molar-refractivity contribution in [3.8, 4) is 0 Å². The number of amides is 1. The number of fused-ring (bicyclic) bond motifs is 1. The van der Waals surface area contributed by atoms with Gasteiger partial charge in [0.25, 0.3) is 0 Å². The van der Waals surface area contributed by atoms with E-state index in [4.69, 9.17) is 11.6 Å². The molecule has 1 atom stereocenters. The van der Waals surface area contributed by atoms with E-state index in [0.717, 1.165) is 11.3 Å². The van der Waals surface area contributed by atoms with Crippen molar-refractivity contribution in [2.75, 3.05) is 11.6 Å². The van der Waals surface area contributed by atoms with E-state index in [2.05, 4.69) is 5.32 Å². The molecule has 0 bridgehead atoms. The van der Waals surface area contributed by atoms with E-state index in [1.807, 2.05) is 18.4 Å². The third kappa shape index (κ3) is 1.42. The van der Waals surface area contributed by atoms with Crippen LogP contribution in [0.1, 0.15) is 10.8 Å². The highest BCUT2D eigenvalue weighted by Crippen LogP contribution is 2.39. The van der Waals surface area contributed by atoms with Gasteiger partial charge in [0.05, 0.1) is 0 Å². The lowest BCUT2D eigenvalue weighted by atomic mass is 10.1. The molecule has 0 saturated heterocycles. The van der Waals surface area contributed by atoms with Crippen molar-refractivity contribution >= 4 is 35.0 Å². The van der Waals surface area contributed by atoms with Crippen LogP contribution >= 0.6 is 23.4 Å². The second-order valence-electron chi connectivity index (χ2n) is 2.84. The zero-order valence-electron chi connectivity index (χ0n) is 7.00. The molecule has 1 N–H and O–H groups in total. The van der Waals surface area contributed by atoms with Crippen LogP contribution < -0.4 is 5.32 Å². The standard InChI is InChI=1S/C9H8ClNOS/c1-13-8-6-4-5(10)2-3-7(6)11-9(8)12/h2-4,8H,1H3,(H,11,12)/t8-/m0/s1. The summed E-state index contributed by atoms with van der Waals surface area (Å²) in [5.41, 5.74) is 1.87. The van der Waals surface area contributed by atoms with Crippen LogP contribution in [0.5, 0.6) is 0 Å². The number of benzene rings is 1. The first-order valence-electron chi connectivity index (χ1n) is 3.85. The van der Waals surface area contributed by atoms with Gasteiger partial charge >= 0.3 is 0 Å². The zero-order valence-corrected chi connectivity index (χ0v) is 8.58. The van der Waals surface area contributed by atoms with E-state index in [0.29, 0.717) is 5.02 Å². The lowest BCUT2D eigenvalue weighted by molar-refractivity contribution is -0.115. The highest BCUT2D eigenvalue weighted by molar-refractivity contribution is 7.99. The monoisotopic (exact) mass is 213 g/mol. The summed E-state index contributed by atoms with van der Waals surface area (Å²) in [5, 5.41) is 3.38. The maximum Gasteiger partial charge on any atom is 0.242 e. The lowest BCUT2D eigenvalue weighted by Crippen LogP contribution is -2.08. The minimum Gasteiger partial charge on any atom is -0.325 e. The van der Waals surface area contributed by atoms with Crippen LogP contribution in [0.3, 0.4) is 0 Å². The highest BCUT2D eigenvalue weighted by Gasteiger charge is 2.29. The molecular formula is C9H8ClNOS. The predicted octanol–water partition coefficient (Wildman–Crippen LogP) is 2.70. The largest absolute Gasteiger partial charge is 0.325 e. The Morgan fingerprint density at radius 3 is 3.00 bits per heavy atom. The van der Waals surface area contributed by atoms with Crippen LogP contribution in [0.15, 0.2) is 18.2 Å². The summed E-state index contributed by atoms with van der Waals surface area (Å²) in [7, 11) is 0. The molecule has 68 valence electrons. The second kappa shape index (κ2) is 3.24. The molecule has 0 unspecified atom stereocenters. The molecule has 4 heteroatoms. The zero-order chi connectivity index (χ0) is 9.42. The number of hydrogen-bond donors (Lipinski definition) is 1. The van der Waals surface area contributed by atoms with Crippen molar-refractivity contribution in [1.29, 1.82) is 0 Å². The Labute approximate surface area is 85.7 Å². The number of anilines is 1. The third-order valence-electron chi connectivity index (χ3n) is 2.03. The minimum absolute atomic E-state index is 0.0461. The smallest absolute Gasteiger partial charge is 0.242 e. The Balaban J connectivity index is 2.50. The normalized spacial score (nSPS) is 19.8. The number of rotatable bonds is 1. The van der Waals surface area contributed by atoms with E-state index in [9.17, 15) is 4.79 Å². The molecule has 0 saturated carbocycles. The number of carbonyl (C=O) groups is 1. The molecule has 0 fully saturated rings. The SMILES string of the molecule is CS[C@@H]1C(=O)Nc2ccc(Cl)cc21. The van der Waals surface area contributed by atoms with Gasteiger partial charge in [-0.2, -0.15) is 0 Å². The molecule has 1 heterocycles. The number of halogens is 1. The fraction of sp³-hybridized carbons (Fsp3) is 0.222. The third-order valence-corrected chi connectivity index (χ3v) is 3.20. The maximum atomic E-state index is 11.4. The lowest BCUT2D eigenvalue weighted by Gasteiger charge is -2.03. The van der Waals surface area contributed by atoms with Gasteiger partial charge in [-0.25, -0.2) is 0 Å². The van der Waals surface area contributed by atoms with Crippen molar-refractivity contribution in [3.63, 3.8) is 0 Å². The van der Waals surface area contributed by atoms with Crippen molar-refractivity contribution in [2.45, 2.75) is 5.25 Å². The summed E-state index contributed by atoms with van der Waals surface area (Å²) in [4.78, 5) is 11.4. The topological polar surface area (TPSA) is 29.1 Å².